The van der Waals surface area contributed by atoms with Crippen LogP contribution >= 0.6 is 0 Å². The van der Waals surface area contributed by atoms with Gasteiger partial charge in [0.25, 0.3) is 0 Å². The van der Waals surface area contributed by atoms with Gasteiger partial charge in [0.2, 0.25) is 0 Å². The molecule has 0 radical (unpaired) electrons. The van der Waals surface area contributed by atoms with E-state index >= 15 is 0 Å². The number of carboxylic acid groups (broad SMARTS) is 1. The van der Waals surface area contributed by atoms with Gasteiger partial charge in [-0.1, -0.05) is 75.8 Å². The largest absolute Gasteiger partial charge is 0.481 e. The van der Waals surface area contributed by atoms with Crippen LogP contribution in [0.15, 0.2) is 11.6 Å². The van der Waals surface area contributed by atoms with E-state index in [1.165, 1.54) is 0 Å². The lowest BCUT2D eigenvalue weighted by Gasteiger charge is -2.07. The smallest absolute Gasteiger partial charge is 0.306 e. The zero-order chi connectivity index (χ0) is 25.2. The van der Waals surface area contributed by atoms with Gasteiger partial charge in [0.15, 0.2) is 5.78 Å². The van der Waals surface area contributed by atoms with E-state index in [1.807, 2.05) is 54.5 Å². The molecule has 1 N–H and O–H groups in total. The zero-order valence-corrected chi connectivity index (χ0v) is 21.8. The molecule has 0 saturated carbocycles. The Morgan fingerprint density at radius 3 is 1.16 bits per heavy atom. The molecule has 5 heteroatoms. The molecule has 0 aromatic carbocycles. The molecule has 0 amide bonds. The summed E-state index contributed by atoms with van der Waals surface area (Å²) in [6, 6.07) is 0. The van der Waals surface area contributed by atoms with Crippen molar-refractivity contribution < 1.29 is 24.3 Å². The first-order valence-electron chi connectivity index (χ1n) is 10.8. The molecule has 186 valence electrons. The third kappa shape index (κ3) is 39.3. The maximum Gasteiger partial charge on any atom is 0.306 e. The molecule has 0 spiro atoms. The van der Waals surface area contributed by atoms with Gasteiger partial charge in [0.05, 0.1) is 5.92 Å². The van der Waals surface area contributed by atoms with E-state index in [4.69, 9.17) is 5.11 Å². The lowest BCUT2D eigenvalue weighted by Crippen LogP contribution is -2.15. The van der Waals surface area contributed by atoms with Crippen molar-refractivity contribution >= 4 is 23.3 Å². The van der Waals surface area contributed by atoms with E-state index in [9.17, 15) is 19.2 Å². The Balaban J connectivity index is -0.0000000969. The quantitative estimate of drug-likeness (QED) is 0.426. The number of aliphatic carboxylic acids is 1. The lowest BCUT2D eigenvalue weighted by atomic mass is 9.99. The Bertz CT molecular complexity index is 526. The van der Waals surface area contributed by atoms with Crippen LogP contribution < -0.4 is 0 Å². The van der Waals surface area contributed by atoms with E-state index in [0.29, 0.717) is 11.8 Å². The highest BCUT2D eigenvalue weighted by atomic mass is 16.4. The van der Waals surface area contributed by atoms with Gasteiger partial charge >= 0.3 is 5.97 Å². The Hall–Kier alpha value is -1.78. The molecule has 0 saturated heterocycles. The van der Waals surface area contributed by atoms with E-state index in [2.05, 4.69) is 13.8 Å². The predicted molar refractivity (Wildman–Crippen MR) is 133 cm³/mol. The maximum atomic E-state index is 10.6. The minimum absolute atomic E-state index is 0. The number of allylic oxidation sites excluding steroid dienone is 2. The monoisotopic (exact) mass is 444 g/mol. The fraction of sp³-hybridized carbons (Fsp3) is 0.769. The normalized spacial score (nSPS) is 11.2. The molecule has 0 aliphatic carbocycles. The summed E-state index contributed by atoms with van der Waals surface area (Å²) in [7, 11) is 0. The Kier molecular flexibility index (Phi) is 29.3. The van der Waals surface area contributed by atoms with Crippen LogP contribution in [0.1, 0.15) is 104 Å². The van der Waals surface area contributed by atoms with Gasteiger partial charge in [-0.05, 0) is 51.0 Å². The molecule has 5 nitrogen and oxygen atoms in total. The molecule has 1 atom stereocenters. The van der Waals surface area contributed by atoms with Gasteiger partial charge in [-0.25, -0.2) is 0 Å². The topological polar surface area (TPSA) is 88.5 Å². The minimum Gasteiger partial charge on any atom is -0.481 e. The van der Waals surface area contributed by atoms with Crippen LogP contribution in [0.5, 0.6) is 0 Å². The molecule has 0 aromatic heterocycles. The number of hydrogen-bond acceptors (Lipinski definition) is 4. The second kappa shape index (κ2) is 22.9. The summed E-state index contributed by atoms with van der Waals surface area (Å²) in [5, 5.41) is 8.35. The molecule has 0 rings (SSSR count). The predicted octanol–water partition coefficient (Wildman–Crippen LogP) is 7.03. The van der Waals surface area contributed by atoms with E-state index in [-0.39, 0.29) is 42.5 Å². The van der Waals surface area contributed by atoms with Crippen molar-refractivity contribution in [1.29, 1.82) is 0 Å². The second-order valence-electron chi connectivity index (χ2n) is 9.09. The molecule has 0 aliphatic heterocycles. The van der Waals surface area contributed by atoms with E-state index in [0.717, 1.165) is 12.0 Å². The summed E-state index contributed by atoms with van der Waals surface area (Å²) in [5.74, 6) is 1.26. The zero-order valence-electron chi connectivity index (χ0n) is 21.8. The maximum absolute atomic E-state index is 10.6. The van der Waals surface area contributed by atoms with Crippen molar-refractivity contribution in [1.82, 2.24) is 0 Å². The third-order valence-corrected chi connectivity index (χ3v) is 4.04. The number of hydrogen-bond donors (Lipinski definition) is 1. The molecule has 0 aromatic rings. The summed E-state index contributed by atoms with van der Waals surface area (Å²) >= 11 is 0. The number of Topliss-reactive ketones (excluding diaryl/α,β-unsaturated/α-hetero) is 3. The fourth-order valence-electron chi connectivity index (χ4n) is 1.48. The Morgan fingerprint density at radius 2 is 1.13 bits per heavy atom. The number of carbonyl (C=O) groups excluding carboxylic acids is 3. The number of carbonyl (C=O) groups is 4. The third-order valence-electron chi connectivity index (χ3n) is 4.04. The standard InChI is InChI=1S/C8H14O.C6H12O2.C6H12O.C5H10O.CH4/c1-6(2)5-7(3)8(4)9;1-4(2)5(3)6(7)8;1-5(2)4-6(3)7;1-4(2)5(3)6;/h5-6H,1-4H3;4-5H,1-3H3,(H,7,8);5H,4H2,1-3H3;4H,1-3H3;1H4/b7-5-;;;;. The van der Waals surface area contributed by atoms with Crippen LogP contribution in [0.25, 0.3) is 0 Å². The number of ketones is 3. The summed E-state index contributed by atoms with van der Waals surface area (Å²) in [6.07, 6.45) is 2.70. The SMILES string of the molecule is C.CC(=O)/C(C)=C\C(C)C.CC(=O)C(C)C.CC(=O)CC(C)C.CC(C)C(C)C(=O)O. The van der Waals surface area contributed by atoms with Crippen LogP contribution in [0.3, 0.4) is 0 Å². The fourth-order valence-corrected chi connectivity index (χ4v) is 1.48. The van der Waals surface area contributed by atoms with Crippen LogP contribution in [0, 0.1) is 29.6 Å². The van der Waals surface area contributed by atoms with Gasteiger partial charge in [0.1, 0.15) is 11.6 Å². The van der Waals surface area contributed by atoms with Crippen LogP contribution in [-0.4, -0.2) is 28.4 Å². The number of rotatable bonds is 7. The first-order valence-corrected chi connectivity index (χ1v) is 10.8. The highest BCUT2D eigenvalue weighted by molar-refractivity contribution is 5.92. The van der Waals surface area contributed by atoms with Gasteiger partial charge in [-0.3, -0.25) is 14.4 Å². The second-order valence-corrected chi connectivity index (χ2v) is 9.09. The summed E-state index contributed by atoms with van der Waals surface area (Å²) < 4.78 is 0. The molecule has 0 bridgehead atoms. The number of carboxylic acids is 1. The lowest BCUT2D eigenvalue weighted by molar-refractivity contribution is -0.142. The van der Waals surface area contributed by atoms with Gasteiger partial charge in [-0.2, -0.15) is 0 Å². The highest BCUT2D eigenvalue weighted by Crippen LogP contribution is 2.08. The molecule has 1 unspecified atom stereocenters. The van der Waals surface area contributed by atoms with Crippen molar-refractivity contribution in [2.75, 3.05) is 0 Å². The average molecular weight is 445 g/mol. The van der Waals surface area contributed by atoms with Crippen molar-refractivity contribution in [3.05, 3.63) is 11.6 Å². The van der Waals surface area contributed by atoms with Crippen LogP contribution in [0.2, 0.25) is 0 Å². The van der Waals surface area contributed by atoms with Crippen LogP contribution in [0.4, 0.5) is 0 Å². The molecule has 0 fully saturated rings. The molecular weight excluding hydrogens is 392 g/mol. The first kappa shape index (κ1) is 39.7. The van der Waals surface area contributed by atoms with Crippen molar-refractivity contribution in [3.8, 4) is 0 Å². The van der Waals surface area contributed by atoms with E-state index in [1.54, 1.807) is 27.7 Å². The van der Waals surface area contributed by atoms with Crippen LogP contribution in [-0.2, 0) is 19.2 Å². The Morgan fingerprint density at radius 1 is 0.774 bits per heavy atom. The minimum atomic E-state index is -0.708. The van der Waals surface area contributed by atoms with E-state index < -0.39 is 5.97 Å². The van der Waals surface area contributed by atoms with Crippen molar-refractivity contribution in [3.63, 3.8) is 0 Å². The summed E-state index contributed by atoms with van der Waals surface area (Å²) in [6.45, 7) is 24.2. The van der Waals surface area contributed by atoms with Gasteiger partial charge in [0, 0.05) is 12.3 Å². The summed E-state index contributed by atoms with van der Waals surface area (Å²) in [5.41, 5.74) is 0.866. The van der Waals surface area contributed by atoms with Crippen molar-refractivity contribution in [2.24, 2.45) is 29.6 Å². The molecule has 31 heavy (non-hydrogen) atoms. The Labute approximate surface area is 193 Å². The van der Waals surface area contributed by atoms with Gasteiger partial charge < -0.3 is 9.90 Å². The highest BCUT2D eigenvalue weighted by Gasteiger charge is 2.13. The van der Waals surface area contributed by atoms with Gasteiger partial charge in [-0.15, -0.1) is 0 Å². The first-order chi connectivity index (χ1) is 13.4. The van der Waals surface area contributed by atoms with Crippen molar-refractivity contribution in [2.45, 2.75) is 104 Å². The molecular formula is C26H52O5. The summed E-state index contributed by atoms with van der Waals surface area (Å²) in [4.78, 5) is 41.1. The average Bonchev–Trinajstić information content (AvgIpc) is 2.53. The molecule has 0 aliphatic rings. The molecule has 0 heterocycles.